The molecule has 2 aromatic heterocycles. The molecule has 0 radical (unpaired) electrons. The molecule has 3 aromatic rings. The molecular formula is C32H40N4O5. The number of ether oxygens (including phenoxy) is 1. The molecule has 9 nitrogen and oxygen atoms in total. The van der Waals surface area contributed by atoms with Crippen LogP contribution in [0, 0.1) is 11.8 Å². The van der Waals surface area contributed by atoms with Gasteiger partial charge in [0.25, 0.3) is 5.56 Å². The van der Waals surface area contributed by atoms with Gasteiger partial charge in [0.2, 0.25) is 0 Å². The van der Waals surface area contributed by atoms with Crippen molar-refractivity contribution in [3.63, 3.8) is 0 Å². The first-order valence-electron chi connectivity index (χ1n) is 15.0. The summed E-state index contributed by atoms with van der Waals surface area (Å²) in [5, 5.41) is 0. The Morgan fingerprint density at radius 2 is 1.46 bits per heavy atom. The lowest BCUT2D eigenvalue weighted by atomic mass is 9.89. The Morgan fingerprint density at radius 1 is 0.878 bits per heavy atom. The zero-order chi connectivity index (χ0) is 28.9. The van der Waals surface area contributed by atoms with Crippen LogP contribution < -0.4 is 11.2 Å². The maximum Gasteiger partial charge on any atom is 0.332 e. The van der Waals surface area contributed by atoms with E-state index in [2.05, 4.69) is 4.74 Å². The Hall–Kier alpha value is -3.75. The van der Waals surface area contributed by atoms with Crippen LogP contribution in [-0.2, 0) is 34.0 Å². The normalized spacial score (nSPS) is 16.9. The van der Waals surface area contributed by atoms with Crippen LogP contribution in [0.25, 0.3) is 28.6 Å². The fourth-order valence-corrected chi connectivity index (χ4v) is 6.44. The lowest BCUT2D eigenvalue weighted by molar-refractivity contribution is -0.134. The van der Waals surface area contributed by atoms with Crippen LogP contribution in [-0.4, -0.2) is 37.5 Å². The van der Waals surface area contributed by atoms with Gasteiger partial charge in [-0.1, -0.05) is 62.8 Å². The monoisotopic (exact) mass is 560 g/mol. The van der Waals surface area contributed by atoms with Crippen LogP contribution >= 0.6 is 0 Å². The summed E-state index contributed by atoms with van der Waals surface area (Å²) in [5.41, 5.74) is 1.52. The topological polar surface area (TPSA) is 105 Å². The Labute approximate surface area is 239 Å². The number of hydrogen-bond donors (Lipinski definition) is 0. The number of fused-ring (bicyclic) bond motifs is 1. The maximum atomic E-state index is 14.1. The molecule has 2 heterocycles. The van der Waals surface area contributed by atoms with Crippen molar-refractivity contribution >= 4 is 29.0 Å². The molecule has 0 atom stereocenters. The predicted octanol–water partition coefficient (Wildman–Crippen LogP) is 4.96. The number of ketones is 1. The molecule has 2 fully saturated rings. The molecule has 0 saturated heterocycles. The molecule has 0 spiro atoms. The second kappa shape index (κ2) is 12.8. The Bertz CT molecular complexity index is 1550. The number of Topliss-reactive ketones (excluding diaryl/α,β-unsaturated/α-hetero) is 1. The van der Waals surface area contributed by atoms with Gasteiger partial charge in [-0.3, -0.25) is 18.7 Å². The van der Waals surface area contributed by atoms with Gasteiger partial charge in [-0.2, -0.15) is 0 Å². The molecule has 9 heteroatoms. The molecule has 0 amide bonds. The maximum absolute atomic E-state index is 14.1. The average Bonchev–Trinajstić information content (AvgIpc) is 3.36. The highest BCUT2D eigenvalue weighted by Gasteiger charge is 2.26. The Balaban J connectivity index is 1.66. The number of carbonyl (C=O) groups excluding carboxylic acids is 2. The van der Waals surface area contributed by atoms with E-state index in [-0.39, 0.29) is 23.6 Å². The fourth-order valence-electron chi connectivity index (χ4n) is 6.44. The van der Waals surface area contributed by atoms with Crippen molar-refractivity contribution in [2.75, 3.05) is 7.11 Å². The third-order valence-electron chi connectivity index (χ3n) is 8.61. The van der Waals surface area contributed by atoms with Crippen molar-refractivity contribution in [3.8, 4) is 11.4 Å². The van der Waals surface area contributed by atoms with Crippen molar-refractivity contribution < 1.29 is 14.3 Å². The standard InChI is InChI=1S/C32H40N4O5/c1-22(37)19-34-28-30(33-29(34)26-16-13-23(14-17-26)15-18-27(38)41-2)35(20-24-9-5-3-6-10-24)32(40)36(31(28)39)21-25-11-7-4-8-12-25/h13-18,24-25H,3-12,19-21H2,1-2H3/b18-15+. The first-order valence-corrected chi connectivity index (χ1v) is 15.0. The summed E-state index contributed by atoms with van der Waals surface area (Å²) >= 11 is 0. The summed E-state index contributed by atoms with van der Waals surface area (Å²) in [7, 11) is 1.33. The number of hydrogen-bond acceptors (Lipinski definition) is 6. The van der Waals surface area contributed by atoms with E-state index in [0.717, 1.165) is 56.9 Å². The third kappa shape index (κ3) is 6.44. The van der Waals surface area contributed by atoms with E-state index in [1.54, 1.807) is 15.2 Å². The highest BCUT2D eigenvalue weighted by molar-refractivity contribution is 5.87. The largest absolute Gasteiger partial charge is 0.466 e. The third-order valence-corrected chi connectivity index (χ3v) is 8.61. The van der Waals surface area contributed by atoms with Crippen LogP contribution in [0.15, 0.2) is 39.9 Å². The molecule has 0 unspecified atom stereocenters. The number of esters is 1. The van der Waals surface area contributed by atoms with E-state index in [4.69, 9.17) is 4.98 Å². The molecule has 0 N–H and O–H groups in total. The van der Waals surface area contributed by atoms with E-state index >= 15 is 0 Å². The lowest BCUT2D eigenvalue weighted by Crippen LogP contribution is -2.43. The molecule has 2 saturated carbocycles. The van der Waals surface area contributed by atoms with Crippen molar-refractivity contribution in [2.45, 2.75) is 90.8 Å². The van der Waals surface area contributed by atoms with Crippen molar-refractivity contribution in [1.29, 1.82) is 0 Å². The number of nitrogens with zero attached hydrogens (tertiary/aromatic N) is 4. The van der Waals surface area contributed by atoms with Gasteiger partial charge in [-0.25, -0.2) is 14.6 Å². The van der Waals surface area contributed by atoms with Gasteiger partial charge >= 0.3 is 11.7 Å². The molecule has 41 heavy (non-hydrogen) atoms. The number of imidazole rings is 1. The van der Waals surface area contributed by atoms with Gasteiger partial charge in [0.05, 0.1) is 13.7 Å². The minimum absolute atomic E-state index is 0.0177. The van der Waals surface area contributed by atoms with Gasteiger partial charge in [-0.05, 0) is 56.1 Å². The summed E-state index contributed by atoms with van der Waals surface area (Å²) in [6.45, 7) is 2.40. The highest BCUT2D eigenvalue weighted by atomic mass is 16.5. The van der Waals surface area contributed by atoms with Crippen molar-refractivity contribution in [3.05, 3.63) is 56.7 Å². The smallest absolute Gasteiger partial charge is 0.332 e. The van der Waals surface area contributed by atoms with E-state index in [9.17, 15) is 19.2 Å². The summed E-state index contributed by atoms with van der Waals surface area (Å²) in [5.74, 6) is 0.573. The van der Waals surface area contributed by atoms with Gasteiger partial charge < -0.3 is 9.30 Å². The van der Waals surface area contributed by atoms with Crippen LogP contribution in [0.4, 0.5) is 0 Å². The van der Waals surface area contributed by atoms with Gasteiger partial charge in [0.15, 0.2) is 11.2 Å². The fraction of sp³-hybridized carbons (Fsp3) is 0.531. The second-order valence-electron chi connectivity index (χ2n) is 11.7. The highest BCUT2D eigenvalue weighted by Crippen LogP contribution is 2.28. The molecule has 0 aliphatic heterocycles. The zero-order valence-corrected chi connectivity index (χ0v) is 24.1. The Kier molecular flexibility index (Phi) is 9.00. The molecular weight excluding hydrogens is 520 g/mol. The van der Waals surface area contributed by atoms with Crippen molar-refractivity contribution in [2.24, 2.45) is 11.8 Å². The number of benzene rings is 1. The van der Waals surface area contributed by atoms with E-state index < -0.39 is 5.97 Å². The Morgan fingerprint density at radius 3 is 2.02 bits per heavy atom. The lowest BCUT2D eigenvalue weighted by Gasteiger charge is -2.25. The van der Waals surface area contributed by atoms with Crippen LogP contribution in [0.5, 0.6) is 0 Å². The number of methoxy groups -OCH3 is 1. The van der Waals surface area contributed by atoms with E-state index in [1.807, 2.05) is 24.3 Å². The molecule has 0 bridgehead atoms. The average molecular weight is 561 g/mol. The van der Waals surface area contributed by atoms with Crippen LogP contribution in [0.3, 0.4) is 0 Å². The van der Waals surface area contributed by atoms with Gasteiger partial charge in [-0.15, -0.1) is 0 Å². The summed E-state index contributed by atoms with van der Waals surface area (Å²) < 4.78 is 9.48. The first kappa shape index (κ1) is 28.8. The minimum atomic E-state index is -0.447. The zero-order valence-electron chi connectivity index (χ0n) is 24.1. The predicted molar refractivity (Wildman–Crippen MR) is 159 cm³/mol. The van der Waals surface area contributed by atoms with Gasteiger partial charge in [0.1, 0.15) is 11.6 Å². The molecule has 5 rings (SSSR count). The molecule has 218 valence electrons. The molecule has 2 aliphatic carbocycles. The SMILES string of the molecule is COC(=O)/C=C/c1ccc(-c2nc3c(c(=O)n(CC4CCCCC4)c(=O)n3CC3CCCCC3)n2CC(C)=O)cc1. The van der Waals surface area contributed by atoms with Crippen LogP contribution in [0.1, 0.15) is 76.7 Å². The second-order valence-corrected chi connectivity index (χ2v) is 11.7. The van der Waals surface area contributed by atoms with Crippen LogP contribution in [0.2, 0.25) is 0 Å². The van der Waals surface area contributed by atoms with Gasteiger partial charge in [0, 0.05) is 24.7 Å². The van der Waals surface area contributed by atoms with E-state index in [0.29, 0.717) is 47.5 Å². The number of carbonyl (C=O) groups is 2. The first-order chi connectivity index (χ1) is 19.9. The summed E-state index contributed by atoms with van der Waals surface area (Å²) in [4.78, 5) is 56.9. The summed E-state index contributed by atoms with van der Waals surface area (Å²) in [6.07, 6.45) is 14.1. The van der Waals surface area contributed by atoms with E-state index in [1.165, 1.54) is 37.5 Å². The molecule has 1 aromatic carbocycles. The molecule has 2 aliphatic rings. The number of aromatic nitrogens is 4. The number of rotatable bonds is 9. The quantitative estimate of drug-likeness (QED) is 0.271. The summed E-state index contributed by atoms with van der Waals surface area (Å²) in [6, 6.07) is 7.36. The van der Waals surface area contributed by atoms with Crippen molar-refractivity contribution in [1.82, 2.24) is 18.7 Å². The minimum Gasteiger partial charge on any atom is -0.466 e.